The summed E-state index contributed by atoms with van der Waals surface area (Å²) in [6.07, 6.45) is 2.74. The van der Waals surface area contributed by atoms with E-state index in [0.29, 0.717) is 38.4 Å². The van der Waals surface area contributed by atoms with E-state index in [1.807, 2.05) is 30.7 Å². The molecule has 166 valence electrons. The van der Waals surface area contributed by atoms with E-state index in [1.165, 1.54) is 0 Å². The zero-order valence-corrected chi connectivity index (χ0v) is 18.7. The molecule has 0 spiro atoms. The van der Waals surface area contributed by atoms with Crippen LogP contribution < -0.4 is 5.32 Å². The van der Waals surface area contributed by atoms with E-state index in [-0.39, 0.29) is 17.7 Å². The maximum Gasteiger partial charge on any atom is 0.227 e. The molecule has 0 unspecified atom stereocenters. The molecule has 9 nitrogen and oxygen atoms in total. The number of aromatic nitrogens is 3. The molecule has 2 aromatic rings. The SMILES string of the molecule is CNc1nc(C2CCN(C(=O)Cc3c(C)noc3C)CC2)nc2c1CCN(C(C)=O)C2. The predicted octanol–water partition coefficient (Wildman–Crippen LogP) is 1.98. The van der Waals surface area contributed by atoms with Crippen molar-refractivity contribution >= 4 is 17.6 Å². The van der Waals surface area contributed by atoms with Crippen LogP contribution in [0.2, 0.25) is 0 Å². The molecule has 4 heterocycles. The molecule has 1 N–H and O–H groups in total. The number of likely N-dealkylation sites (tertiary alicyclic amines) is 1. The molecular weight excluding hydrogens is 396 g/mol. The number of piperidine rings is 1. The summed E-state index contributed by atoms with van der Waals surface area (Å²) in [7, 11) is 1.87. The second-order valence-corrected chi connectivity index (χ2v) is 8.43. The predicted molar refractivity (Wildman–Crippen MR) is 115 cm³/mol. The van der Waals surface area contributed by atoms with E-state index < -0.39 is 0 Å². The van der Waals surface area contributed by atoms with Crippen LogP contribution in [-0.2, 0) is 29.0 Å². The molecule has 31 heavy (non-hydrogen) atoms. The molecule has 1 saturated heterocycles. The van der Waals surface area contributed by atoms with Crippen LogP contribution in [0.15, 0.2) is 4.52 Å². The highest BCUT2D eigenvalue weighted by Gasteiger charge is 2.29. The van der Waals surface area contributed by atoms with Gasteiger partial charge in [0.1, 0.15) is 17.4 Å². The maximum atomic E-state index is 12.8. The number of fused-ring (bicyclic) bond motifs is 1. The highest BCUT2D eigenvalue weighted by Crippen LogP contribution is 2.31. The van der Waals surface area contributed by atoms with Crippen LogP contribution in [0.25, 0.3) is 0 Å². The molecule has 2 amide bonds. The fourth-order valence-electron chi connectivity index (χ4n) is 4.51. The first-order valence-corrected chi connectivity index (χ1v) is 10.9. The van der Waals surface area contributed by atoms with E-state index in [0.717, 1.165) is 53.4 Å². The van der Waals surface area contributed by atoms with E-state index in [4.69, 9.17) is 14.5 Å². The molecule has 2 aliphatic rings. The van der Waals surface area contributed by atoms with Crippen molar-refractivity contribution in [1.82, 2.24) is 24.9 Å². The Morgan fingerprint density at radius 3 is 2.48 bits per heavy atom. The molecule has 1 fully saturated rings. The third kappa shape index (κ3) is 4.26. The van der Waals surface area contributed by atoms with Crippen LogP contribution >= 0.6 is 0 Å². The van der Waals surface area contributed by atoms with Gasteiger partial charge in [-0.2, -0.15) is 0 Å². The first-order valence-electron chi connectivity index (χ1n) is 10.9. The lowest BCUT2D eigenvalue weighted by Gasteiger charge is -2.33. The molecule has 2 aromatic heterocycles. The number of hydrogen-bond acceptors (Lipinski definition) is 7. The summed E-state index contributed by atoms with van der Waals surface area (Å²) in [5.41, 5.74) is 3.71. The molecule has 9 heteroatoms. The van der Waals surface area contributed by atoms with Gasteiger partial charge in [-0.25, -0.2) is 9.97 Å². The summed E-state index contributed by atoms with van der Waals surface area (Å²) in [6.45, 7) is 7.90. The van der Waals surface area contributed by atoms with E-state index in [1.54, 1.807) is 6.92 Å². The van der Waals surface area contributed by atoms with Crippen LogP contribution in [-0.4, -0.2) is 63.4 Å². The van der Waals surface area contributed by atoms with Gasteiger partial charge in [-0.3, -0.25) is 9.59 Å². The van der Waals surface area contributed by atoms with E-state index in [9.17, 15) is 9.59 Å². The maximum absolute atomic E-state index is 12.8. The topological polar surface area (TPSA) is 104 Å². The number of anilines is 1. The lowest BCUT2D eigenvalue weighted by atomic mass is 9.94. The van der Waals surface area contributed by atoms with Gasteiger partial charge in [0.2, 0.25) is 11.8 Å². The Labute approximate surface area is 182 Å². The van der Waals surface area contributed by atoms with Gasteiger partial charge in [0.15, 0.2) is 0 Å². The van der Waals surface area contributed by atoms with Crippen molar-refractivity contribution < 1.29 is 14.1 Å². The zero-order valence-electron chi connectivity index (χ0n) is 18.7. The summed E-state index contributed by atoms with van der Waals surface area (Å²) in [6, 6.07) is 0. The van der Waals surface area contributed by atoms with Crippen LogP contribution in [0.5, 0.6) is 0 Å². The van der Waals surface area contributed by atoms with Gasteiger partial charge in [-0.1, -0.05) is 5.16 Å². The van der Waals surface area contributed by atoms with Crippen molar-refractivity contribution in [3.8, 4) is 0 Å². The van der Waals surface area contributed by atoms with Crippen molar-refractivity contribution in [3.63, 3.8) is 0 Å². The third-order valence-corrected chi connectivity index (χ3v) is 6.49. The van der Waals surface area contributed by atoms with Gasteiger partial charge in [0.25, 0.3) is 0 Å². The number of rotatable bonds is 4. The number of nitrogens with one attached hydrogen (secondary N) is 1. The van der Waals surface area contributed by atoms with E-state index >= 15 is 0 Å². The smallest absolute Gasteiger partial charge is 0.227 e. The summed E-state index contributed by atoms with van der Waals surface area (Å²) in [5.74, 6) is 2.76. The van der Waals surface area contributed by atoms with E-state index in [2.05, 4.69) is 10.5 Å². The van der Waals surface area contributed by atoms with Crippen LogP contribution in [0.1, 0.15) is 59.8 Å². The number of carbonyl (C=O) groups excluding carboxylic acids is 2. The highest BCUT2D eigenvalue weighted by molar-refractivity contribution is 5.79. The van der Waals surface area contributed by atoms with Gasteiger partial charge in [0, 0.05) is 50.7 Å². The average molecular weight is 427 g/mol. The van der Waals surface area contributed by atoms with Crippen molar-refractivity contribution in [2.75, 3.05) is 32.0 Å². The Morgan fingerprint density at radius 2 is 1.87 bits per heavy atom. The number of carbonyl (C=O) groups is 2. The molecule has 2 aliphatic heterocycles. The number of aryl methyl sites for hydroxylation is 2. The highest BCUT2D eigenvalue weighted by atomic mass is 16.5. The van der Waals surface area contributed by atoms with Crippen molar-refractivity contribution in [2.45, 2.75) is 58.9 Å². The molecule has 0 radical (unpaired) electrons. The Bertz CT molecular complexity index is 974. The summed E-state index contributed by atoms with van der Waals surface area (Å²) in [5, 5.41) is 7.15. The summed E-state index contributed by atoms with van der Waals surface area (Å²) >= 11 is 0. The van der Waals surface area contributed by atoms with Crippen LogP contribution in [0.3, 0.4) is 0 Å². The van der Waals surface area contributed by atoms with Gasteiger partial charge >= 0.3 is 0 Å². The van der Waals surface area contributed by atoms with Gasteiger partial charge in [-0.15, -0.1) is 0 Å². The van der Waals surface area contributed by atoms with Crippen LogP contribution in [0.4, 0.5) is 5.82 Å². The van der Waals surface area contributed by atoms with Gasteiger partial charge < -0.3 is 19.6 Å². The average Bonchev–Trinajstić information content (AvgIpc) is 3.09. The molecule has 0 bridgehead atoms. The first-order chi connectivity index (χ1) is 14.9. The Hall–Kier alpha value is -2.97. The first kappa shape index (κ1) is 21.3. The Morgan fingerprint density at radius 1 is 1.13 bits per heavy atom. The summed E-state index contributed by atoms with van der Waals surface area (Å²) < 4.78 is 5.18. The minimum Gasteiger partial charge on any atom is -0.373 e. The largest absolute Gasteiger partial charge is 0.373 e. The van der Waals surface area contributed by atoms with Crippen molar-refractivity contribution in [2.24, 2.45) is 0 Å². The quantitative estimate of drug-likeness (QED) is 0.797. The number of hydrogen-bond donors (Lipinski definition) is 1. The van der Waals surface area contributed by atoms with Gasteiger partial charge in [-0.05, 0) is 33.1 Å². The minimum atomic E-state index is 0.0712. The third-order valence-electron chi connectivity index (χ3n) is 6.49. The molecule has 0 aromatic carbocycles. The molecule has 0 atom stereocenters. The normalized spacial score (nSPS) is 16.9. The standard InChI is InChI=1S/C22H30N6O3/c1-13-18(14(2)31-26-13)11-20(30)27-8-5-16(6-9-27)21-24-19-12-28(15(3)29)10-7-17(19)22(23-4)25-21/h16H,5-12H2,1-4H3,(H,23,24,25). The molecule has 4 rings (SSSR count). The molecule has 0 aliphatic carbocycles. The lowest BCUT2D eigenvalue weighted by Crippen LogP contribution is -2.39. The number of nitrogens with zero attached hydrogens (tertiary/aromatic N) is 5. The second kappa shape index (κ2) is 8.64. The Balaban J connectivity index is 1.44. The van der Waals surface area contributed by atoms with Crippen molar-refractivity contribution in [1.29, 1.82) is 0 Å². The van der Waals surface area contributed by atoms with Crippen molar-refractivity contribution in [3.05, 3.63) is 34.1 Å². The fourth-order valence-corrected chi connectivity index (χ4v) is 4.51. The monoisotopic (exact) mass is 426 g/mol. The zero-order chi connectivity index (χ0) is 22.1. The summed E-state index contributed by atoms with van der Waals surface area (Å²) in [4.78, 5) is 38.0. The van der Waals surface area contributed by atoms with Crippen LogP contribution in [0, 0.1) is 13.8 Å². The Kier molecular flexibility index (Phi) is 5.93. The second-order valence-electron chi connectivity index (χ2n) is 8.43. The molecule has 0 saturated carbocycles. The fraction of sp³-hybridized carbons (Fsp3) is 0.591. The van der Waals surface area contributed by atoms with Gasteiger partial charge in [0.05, 0.1) is 24.4 Å². The number of amides is 2. The molecular formula is C22H30N6O3. The minimum absolute atomic E-state index is 0.0712. The lowest BCUT2D eigenvalue weighted by molar-refractivity contribution is -0.131.